The fourth-order valence-corrected chi connectivity index (χ4v) is 3.13. The van der Waals surface area contributed by atoms with E-state index in [4.69, 9.17) is 4.84 Å². The van der Waals surface area contributed by atoms with Crippen molar-refractivity contribution in [2.75, 3.05) is 31.5 Å². The SMILES string of the molecule is O=C(Nc1ccncc1)ON1CCN(Cc2cnc3ccccc3c2)CC1. The summed E-state index contributed by atoms with van der Waals surface area (Å²) < 4.78 is 0. The molecule has 1 N–H and O–H groups in total. The summed E-state index contributed by atoms with van der Waals surface area (Å²) in [5.74, 6) is 0. The highest BCUT2D eigenvalue weighted by Gasteiger charge is 2.20. The predicted molar refractivity (Wildman–Crippen MR) is 103 cm³/mol. The average Bonchev–Trinajstić information content (AvgIpc) is 2.70. The zero-order chi connectivity index (χ0) is 18.5. The van der Waals surface area contributed by atoms with Gasteiger partial charge in [0.05, 0.1) is 5.52 Å². The van der Waals surface area contributed by atoms with Crippen LogP contribution in [0.15, 0.2) is 61.1 Å². The maximum atomic E-state index is 12.0. The Morgan fingerprint density at radius 3 is 2.67 bits per heavy atom. The van der Waals surface area contributed by atoms with Crippen LogP contribution in [-0.2, 0) is 11.4 Å². The molecule has 1 aliphatic rings. The summed E-state index contributed by atoms with van der Waals surface area (Å²) in [5.41, 5.74) is 2.87. The highest BCUT2D eigenvalue weighted by molar-refractivity contribution is 5.84. The summed E-state index contributed by atoms with van der Waals surface area (Å²) in [7, 11) is 0. The number of rotatable bonds is 4. The van der Waals surface area contributed by atoms with Gasteiger partial charge in [-0.2, -0.15) is 0 Å². The largest absolute Gasteiger partial charge is 0.430 e. The predicted octanol–water partition coefficient (Wildman–Crippen LogP) is 2.91. The van der Waals surface area contributed by atoms with Crippen molar-refractivity contribution in [1.82, 2.24) is 19.9 Å². The Balaban J connectivity index is 1.26. The van der Waals surface area contributed by atoms with Crippen LogP contribution >= 0.6 is 0 Å². The first kappa shape index (κ1) is 17.4. The first-order valence-electron chi connectivity index (χ1n) is 8.96. The molecule has 0 unspecified atom stereocenters. The summed E-state index contributed by atoms with van der Waals surface area (Å²) in [6, 6.07) is 13.8. The van der Waals surface area contributed by atoms with E-state index in [-0.39, 0.29) is 0 Å². The molecule has 0 radical (unpaired) electrons. The van der Waals surface area contributed by atoms with Crippen molar-refractivity contribution in [3.63, 3.8) is 0 Å². The molecular formula is C20H21N5O2. The molecule has 0 aliphatic carbocycles. The Morgan fingerprint density at radius 2 is 1.85 bits per heavy atom. The van der Waals surface area contributed by atoms with Gasteiger partial charge in [0.2, 0.25) is 0 Å². The van der Waals surface area contributed by atoms with Gasteiger partial charge in [-0.15, -0.1) is 5.06 Å². The maximum absolute atomic E-state index is 12.0. The molecule has 0 spiro atoms. The second-order valence-electron chi connectivity index (χ2n) is 6.48. The van der Waals surface area contributed by atoms with Crippen molar-refractivity contribution in [2.45, 2.75) is 6.54 Å². The molecule has 0 atom stereocenters. The number of nitrogens with one attached hydrogen (secondary N) is 1. The molecule has 0 bridgehead atoms. The lowest BCUT2D eigenvalue weighted by Gasteiger charge is -2.33. The van der Waals surface area contributed by atoms with E-state index in [1.165, 1.54) is 5.56 Å². The van der Waals surface area contributed by atoms with Gasteiger partial charge in [0.15, 0.2) is 0 Å². The smallest absolute Gasteiger partial charge is 0.351 e. The number of para-hydroxylation sites is 1. The molecule has 4 rings (SSSR count). The minimum absolute atomic E-state index is 0.478. The second kappa shape index (κ2) is 8.11. The molecule has 3 aromatic rings. The minimum atomic E-state index is -0.478. The maximum Gasteiger partial charge on any atom is 0.430 e. The molecule has 1 fully saturated rings. The second-order valence-corrected chi connectivity index (χ2v) is 6.48. The summed E-state index contributed by atoms with van der Waals surface area (Å²) in [6.07, 6.45) is 4.70. The first-order valence-corrected chi connectivity index (χ1v) is 8.96. The molecule has 27 heavy (non-hydrogen) atoms. The topological polar surface area (TPSA) is 70.6 Å². The van der Waals surface area contributed by atoms with Gasteiger partial charge in [-0.1, -0.05) is 18.2 Å². The van der Waals surface area contributed by atoms with E-state index in [0.29, 0.717) is 18.8 Å². The van der Waals surface area contributed by atoms with Crippen molar-refractivity contribution in [3.8, 4) is 0 Å². The minimum Gasteiger partial charge on any atom is -0.351 e. The van der Waals surface area contributed by atoms with E-state index < -0.39 is 6.09 Å². The zero-order valence-corrected chi connectivity index (χ0v) is 14.9. The highest BCUT2D eigenvalue weighted by Crippen LogP contribution is 2.15. The molecule has 138 valence electrons. The van der Waals surface area contributed by atoms with Crippen molar-refractivity contribution in [1.29, 1.82) is 0 Å². The van der Waals surface area contributed by atoms with E-state index in [2.05, 4.69) is 32.3 Å². The van der Waals surface area contributed by atoms with E-state index in [0.717, 1.165) is 30.5 Å². The third-order valence-electron chi connectivity index (χ3n) is 4.52. The number of piperazine rings is 1. The summed E-state index contributed by atoms with van der Waals surface area (Å²) in [4.78, 5) is 28.1. The number of pyridine rings is 2. The lowest BCUT2D eigenvalue weighted by atomic mass is 10.1. The molecule has 1 aromatic carbocycles. The van der Waals surface area contributed by atoms with Crippen LogP contribution in [-0.4, -0.2) is 52.2 Å². The van der Waals surface area contributed by atoms with Crippen molar-refractivity contribution in [2.24, 2.45) is 0 Å². The summed E-state index contributed by atoms with van der Waals surface area (Å²) in [5, 5.41) is 5.55. The molecule has 7 heteroatoms. The average molecular weight is 363 g/mol. The molecule has 3 heterocycles. The fraction of sp³-hybridized carbons (Fsp3) is 0.250. The molecule has 1 amide bonds. The van der Waals surface area contributed by atoms with E-state index in [1.807, 2.05) is 24.4 Å². The third-order valence-corrected chi connectivity index (χ3v) is 4.52. The van der Waals surface area contributed by atoms with E-state index in [1.54, 1.807) is 29.6 Å². The van der Waals surface area contributed by atoms with Crippen LogP contribution in [0.5, 0.6) is 0 Å². The lowest BCUT2D eigenvalue weighted by molar-refractivity contribution is -0.119. The van der Waals surface area contributed by atoms with E-state index >= 15 is 0 Å². The van der Waals surface area contributed by atoms with Gasteiger partial charge in [-0.3, -0.25) is 20.2 Å². The molecule has 1 saturated heterocycles. The van der Waals surface area contributed by atoms with Crippen LogP contribution < -0.4 is 5.32 Å². The van der Waals surface area contributed by atoms with Gasteiger partial charge in [-0.25, -0.2) is 4.79 Å². The normalized spacial score (nSPS) is 15.6. The van der Waals surface area contributed by atoms with Crippen LogP contribution in [0, 0.1) is 0 Å². The molecule has 1 aliphatic heterocycles. The Kier molecular flexibility index (Phi) is 5.22. The summed E-state index contributed by atoms with van der Waals surface area (Å²) >= 11 is 0. The number of anilines is 1. The van der Waals surface area contributed by atoms with E-state index in [9.17, 15) is 4.79 Å². The lowest BCUT2D eigenvalue weighted by Crippen LogP contribution is -2.46. The standard InChI is InChI=1S/C20H21N5O2/c26-20(23-18-5-7-21-8-6-18)27-25-11-9-24(10-12-25)15-16-13-17-3-1-2-4-19(17)22-14-16/h1-8,13-14H,9-12,15H2,(H,21,23,26). The van der Waals surface area contributed by atoms with Gasteiger partial charge in [0, 0.05) is 62.4 Å². The van der Waals surface area contributed by atoms with Crippen molar-refractivity contribution < 1.29 is 9.63 Å². The quantitative estimate of drug-likeness (QED) is 0.769. The van der Waals surface area contributed by atoms with Gasteiger partial charge >= 0.3 is 6.09 Å². The van der Waals surface area contributed by atoms with Crippen molar-refractivity contribution in [3.05, 3.63) is 66.6 Å². The van der Waals surface area contributed by atoms with Gasteiger partial charge < -0.3 is 4.84 Å². The zero-order valence-electron chi connectivity index (χ0n) is 14.9. The van der Waals surface area contributed by atoms with Crippen LogP contribution in [0.25, 0.3) is 10.9 Å². The van der Waals surface area contributed by atoms with Gasteiger partial charge in [-0.05, 0) is 29.8 Å². The Labute approximate surface area is 157 Å². The number of hydrogen-bond acceptors (Lipinski definition) is 6. The number of hydroxylamine groups is 2. The fourth-order valence-electron chi connectivity index (χ4n) is 3.13. The van der Waals surface area contributed by atoms with Crippen LogP contribution in [0.4, 0.5) is 10.5 Å². The Hall–Kier alpha value is -3.03. The number of aromatic nitrogens is 2. The van der Waals surface area contributed by atoms with Gasteiger partial charge in [0.1, 0.15) is 0 Å². The van der Waals surface area contributed by atoms with Gasteiger partial charge in [0.25, 0.3) is 0 Å². The van der Waals surface area contributed by atoms with Crippen LogP contribution in [0.3, 0.4) is 0 Å². The number of hydrogen-bond donors (Lipinski definition) is 1. The number of carbonyl (C=O) groups excluding carboxylic acids is 1. The summed E-state index contributed by atoms with van der Waals surface area (Å²) in [6.45, 7) is 3.84. The number of amides is 1. The molecule has 0 saturated carbocycles. The Morgan fingerprint density at radius 1 is 1.07 bits per heavy atom. The van der Waals surface area contributed by atoms with Crippen LogP contribution in [0.2, 0.25) is 0 Å². The highest BCUT2D eigenvalue weighted by atomic mass is 16.7. The number of fused-ring (bicyclic) bond motifs is 1. The monoisotopic (exact) mass is 363 g/mol. The number of carbonyl (C=O) groups is 1. The molecular weight excluding hydrogens is 342 g/mol. The number of benzene rings is 1. The number of nitrogens with zero attached hydrogens (tertiary/aromatic N) is 4. The molecule has 2 aromatic heterocycles. The molecule has 7 nitrogen and oxygen atoms in total. The Bertz CT molecular complexity index is 910. The third kappa shape index (κ3) is 4.58. The van der Waals surface area contributed by atoms with Crippen LogP contribution in [0.1, 0.15) is 5.56 Å². The van der Waals surface area contributed by atoms with Crippen molar-refractivity contribution >= 4 is 22.7 Å². The first-order chi connectivity index (χ1) is 13.3.